The van der Waals surface area contributed by atoms with Crippen LogP contribution in [0.15, 0.2) is 4.99 Å². The molecule has 0 saturated carbocycles. The standard InChI is InChI=1S/C14H30N4O2.HI/c1-9-18(13(19)20-14(2,3)4)11-10-15-12(16(5)6)17(7)8;/h9-11H2,1-8H3;1H. The molecule has 0 atom stereocenters. The lowest BCUT2D eigenvalue weighted by Crippen LogP contribution is -2.39. The molecule has 0 N–H and O–H groups in total. The van der Waals surface area contributed by atoms with Crippen LogP contribution in [-0.4, -0.2) is 80.2 Å². The van der Waals surface area contributed by atoms with Crippen molar-refractivity contribution in [3.05, 3.63) is 0 Å². The average Bonchev–Trinajstić information content (AvgIpc) is 2.25. The number of ether oxygens (including phenoxy) is 1. The second kappa shape index (κ2) is 10.1. The van der Waals surface area contributed by atoms with E-state index in [9.17, 15) is 4.79 Å². The molecule has 0 fully saturated rings. The van der Waals surface area contributed by atoms with Crippen LogP contribution in [0.4, 0.5) is 4.79 Å². The number of carbonyl (C=O) groups excluding carboxylic acids is 1. The quantitative estimate of drug-likeness (QED) is 0.403. The first-order valence-corrected chi connectivity index (χ1v) is 6.95. The molecule has 0 aromatic rings. The second-order valence-corrected chi connectivity index (χ2v) is 6.03. The third kappa shape index (κ3) is 9.76. The molecule has 0 unspecified atom stereocenters. The molecule has 126 valence electrons. The maximum Gasteiger partial charge on any atom is 0.410 e. The summed E-state index contributed by atoms with van der Waals surface area (Å²) < 4.78 is 5.36. The Labute approximate surface area is 146 Å². The number of guanidine groups is 1. The lowest BCUT2D eigenvalue weighted by Gasteiger charge is -2.27. The Bertz CT molecular complexity index is 328. The summed E-state index contributed by atoms with van der Waals surface area (Å²) in [6.07, 6.45) is -0.286. The van der Waals surface area contributed by atoms with Gasteiger partial charge in [-0.2, -0.15) is 0 Å². The summed E-state index contributed by atoms with van der Waals surface area (Å²) in [5, 5.41) is 0. The van der Waals surface area contributed by atoms with Gasteiger partial charge in [-0.25, -0.2) is 4.79 Å². The molecule has 6 nitrogen and oxygen atoms in total. The van der Waals surface area contributed by atoms with E-state index in [4.69, 9.17) is 4.74 Å². The van der Waals surface area contributed by atoms with E-state index >= 15 is 0 Å². The van der Waals surface area contributed by atoms with Crippen LogP contribution in [0, 0.1) is 0 Å². The van der Waals surface area contributed by atoms with E-state index in [2.05, 4.69) is 4.99 Å². The minimum Gasteiger partial charge on any atom is -0.444 e. The summed E-state index contributed by atoms with van der Waals surface area (Å²) in [6, 6.07) is 0. The molecule has 0 spiro atoms. The van der Waals surface area contributed by atoms with Crippen molar-refractivity contribution in [1.82, 2.24) is 14.7 Å². The van der Waals surface area contributed by atoms with Crippen LogP contribution in [0.1, 0.15) is 27.7 Å². The SMILES string of the molecule is CCN(CCN=C(N(C)C)N(C)C)C(=O)OC(C)(C)C.I. The molecule has 0 heterocycles. The van der Waals surface area contributed by atoms with Gasteiger partial charge in [-0.3, -0.25) is 4.99 Å². The average molecular weight is 414 g/mol. The van der Waals surface area contributed by atoms with Crippen LogP contribution in [0.3, 0.4) is 0 Å². The summed E-state index contributed by atoms with van der Waals surface area (Å²) in [4.78, 5) is 22.0. The lowest BCUT2D eigenvalue weighted by atomic mass is 10.2. The van der Waals surface area contributed by atoms with Gasteiger partial charge in [-0.15, -0.1) is 24.0 Å². The van der Waals surface area contributed by atoms with Crippen molar-refractivity contribution in [2.45, 2.75) is 33.3 Å². The lowest BCUT2D eigenvalue weighted by molar-refractivity contribution is 0.0266. The Balaban J connectivity index is 0. The van der Waals surface area contributed by atoms with Gasteiger partial charge in [0.1, 0.15) is 5.60 Å². The Kier molecular flexibility index (Phi) is 10.8. The van der Waals surface area contributed by atoms with E-state index in [0.29, 0.717) is 19.6 Å². The molecule has 0 aliphatic carbocycles. The van der Waals surface area contributed by atoms with Gasteiger partial charge in [0.05, 0.1) is 6.54 Å². The highest BCUT2D eigenvalue weighted by molar-refractivity contribution is 14.0. The molecule has 0 rings (SSSR count). The molecule has 0 aliphatic heterocycles. The largest absolute Gasteiger partial charge is 0.444 e. The zero-order valence-corrected chi connectivity index (χ0v) is 17.0. The molecule has 0 radical (unpaired) electrons. The summed E-state index contributed by atoms with van der Waals surface area (Å²) >= 11 is 0. The van der Waals surface area contributed by atoms with Crippen molar-refractivity contribution in [3.63, 3.8) is 0 Å². The zero-order valence-electron chi connectivity index (χ0n) is 14.6. The van der Waals surface area contributed by atoms with Crippen LogP contribution in [0.2, 0.25) is 0 Å². The first-order chi connectivity index (χ1) is 9.08. The fraction of sp³-hybridized carbons (Fsp3) is 0.857. The topological polar surface area (TPSA) is 48.4 Å². The van der Waals surface area contributed by atoms with Crippen LogP contribution in [0.25, 0.3) is 0 Å². The van der Waals surface area contributed by atoms with Gasteiger partial charge < -0.3 is 19.4 Å². The second-order valence-electron chi connectivity index (χ2n) is 6.03. The number of rotatable bonds is 4. The fourth-order valence-corrected chi connectivity index (χ4v) is 1.66. The molecular formula is C14H31IN4O2. The van der Waals surface area contributed by atoms with Crippen molar-refractivity contribution in [3.8, 4) is 0 Å². The maximum atomic E-state index is 12.0. The van der Waals surface area contributed by atoms with E-state index in [0.717, 1.165) is 5.96 Å². The maximum absolute atomic E-state index is 12.0. The van der Waals surface area contributed by atoms with Crippen LogP contribution in [-0.2, 0) is 4.74 Å². The third-order valence-corrected chi connectivity index (χ3v) is 2.46. The highest BCUT2D eigenvalue weighted by Crippen LogP contribution is 2.09. The predicted molar refractivity (Wildman–Crippen MR) is 98.6 cm³/mol. The van der Waals surface area contributed by atoms with Gasteiger partial charge >= 0.3 is 6.09 Å². The van der Waals surface area contributed by atoms with E-state index in [-0.39, 0.29) is 30.1 Å². The first-order valence-electron chi connectivity index (χ1n) is 6.95. The number of hydrogen-bond donors (Lipinski definition) is 0. The summed E-state index contributed by atoms with van der Waals surface area (Å²) in [5.74, 6) is 0.880. The van der Waals surface area contributed by atoms with Gasteiger partial charge in [-0.1, -0.05) is 0 Å². The molecule has 0 aromatic heterocycles. The minimum absolute atomic E-state index is 0. The minimum atomic E-state index is -0.466. The number of aliphatic imine (C=N–C) groups is 1. The van der Waals surface area contributed by atoms with Gasteiger partial charge in [0.2, 0.25) is 0 Å². The fourth-order valence-electron chi connectivity index (χ4n) is 1.66. The van der Waals surface area contributed by atoms with Crippen molar-refractivity contribution >= 4 is 36.0 Å². The Hall–Kier alpha value is -0.730. The van der Waals surface area contributed by atoms with E-state index in [1.54, 1.807) is 4.90 Å². The van der Waals surface area contributed by atoms with E-state index < -0.39 is 5.60 Å². The van der Waals surface area contributed by atoms with Gasteiger partial charge in [0.25, 0.3) is 0 Å². The molecule has 0 bridgehead atoms. The number of nitrogens with zero attached hydrogens (tertiary/aromatic N) is 4. The highest BCUT2D eigenvalue weighted by Gasteiger charge is 2.20. The molecule has 1 amide bonds. The third-order valence-electron chi connectivity index (χ3n) is 2.46. The summed E-state index contributed by atoms with van der Waals surface area (Å²) in [5.41, 5.74) is -0.466. The van der Waals surface area contributed by atoms with Crippen LogP contribution in [0.5, 0.6) is 0 Å². The van der Waals surface area contributed by atoms with E-state index in [1.165, 1.54) is 0 Å². The summed E-state index contributed by atoms with van der Waals surface area (Å²) in [6.45, 7) is 9.26. The van der Waals surface area contributed by atoms with Crippen LogP contribution >= 0.6 is 24.0 Å². The van der Waals surface area contributed by atoms with E-state index in [1.807, 2.05) is 65.7 Å². The van der Waals surface area contributed by atoms with Crippen molar-refractivity contribution in [1.29, 1.82) is 0 Å². The molecule has 0 saturated heterocycles. The Morgan fingerprint density at radius 3 is 1.90 bits per heavy atom. The van der Waals surface area contributed by atoms with Gasteiger partial charge in [0, 0.05) is 41.3 Å². The predicted octanol–water partition coefficient (Wildman–Crippen LogP) is 2.34. The molecule has 21 heavy (non-hydrogen) atoms. The molecule has 0 aromatic carbocycles. The highest BCUT2D eigenvalue weighted by atomic mass is 127. The smallest absolute Gasteiger partial charge is 0.410 e. The number of amides is 1. The monoisotopic (exact) mass is 414 g/mol. The molecule has 0 aliphatic rings. The Morgan fingerprint density at radius 1 is 1.10 bits per heavy atom. The number of halogens is 1. The number of likely N-dealkylation sites (N-methyl/N-ethyl adjacent to an activating group) is 1. The first kappa shape index (κ1) is 22.5. The number of hydrogen-bond acceptors (Lipinski definition) is 3. The van der Waals surface area contributed by atoms with Crippen molar-refractivity contribution < 1.29 is 9.53 Å². The molecular weight excluding hydrogens is 383 g/mol. The normalized spacial score (nSPS) is 10.3. The van der Waals surface area contributed by atoms with Crippen LogP contribution < -0.4 is 0 Å². The van der Waals surface area contributed by atoms with Crippen molar-refractivity contribution in [2.24, 2.45) is 4.99 Å². The molecule has 7 heteroatoms. The Morgan fingerprint density at radius 2 is 1.57 bits per heavy atom. The van der Waals surface area contributed by atoms with Gasteiger partial charge in [0.15, 0.2) is 5.96 Å². The number of carbonyl (C=O) groups is 1. The van der Waals surface area contributed by atoms with Crippen molar-refractivity contribution in [2.75, 3.05) is 47.8 Å². The zero-order chi connectivity index (χ0) is 15.9. The summed E-state index contributed by atoms with van der Waals surface area (Å²) in [7, 11) is 7.79. The van der Waals surface area contributed by atoms with Gasteiger partial charge in [-0.05, 0) is 27.7 Å².